The Hall–Kier alpha value is -3.54. The van der Waals surface area contributed by atoms with Crippen molar-refractivity contribution in [3.63, 3.8) is 0 Å². The Morgan fingerprint density at radius 1 is 0.966 bits per heavy atom. The van der Waals surface area contributed by atoms with Crippen LogP contribution in [0.5, 0.6) is 5.75 Å². The number of carbonyl (C=O) groups excluding carboxylic acids is 2. The molecule has 1 heterocycles. The fraction of sp³-hybridized carbons (Fsp3) is 0.217. The van der Waals surface area contributed by atoms with E-state index in [4.69, 9.17) is 13.9 Å². The normalized spacial score (nSPS) is 10.4. The quantitative estimate of drug-likeness (QED) is 0.513. The van der Waals surface area contributed by atoms with E-state index >= 15 is 0 Å². The number of amides is 1. The summed E-state index contributed by atoms with van der Waals surface area (Å²) in [6.45, 7) is 2.67. The van der Waals surface area contributed by atoms with Crippen molar-refractivity contribution < 1.29 is 23.5 Å². The Morgan fingerprint density at radius 2 is 1.66 bits per heavy atom. The maximum absolute atomic E-state index is 12.4. The van der Waals surface area contributed by atoms with Gasteiger partial charge in [-0.15, -0.1) is 0 Å². The molecule has 0 aliphatic rings. The van der Waals surface area contributed by atoms with Gasteiger partial charge in [0.1, 0.15) is 12.4 Å². The molecule has 0 spiro atoms. The molecule has 1 aromatic heterocycles. The van der Waals surface area contributed by atoms with Gasteiger partial charge in [0, 0.05) is 18.7 Å². The Morgan fingerprint density at radius 3 is 2.34 bits per heavy atom. The van der Waals surface area contributed by atoms with Crippen molar-refractivity contribution >= 4 is 11.9 Å². The van der Waals surface area contributed by atoms with E-state index in [0.717, 1.165) is 5.56 Å². The smallest absolute Gasteiger partial charge is 0.375 e. The predicted octanol–water partition coefficient (Wildman–Crippen LogP) is 4.06. The Kier molecular flexibility index (Phi) is 7.05. The molecule has 0 saturated carbocycles. The summed E-state index contributed by atoms with van der Waals surface area (Å²) in [6, 6.07) is 20.6. The molecule has 150 valence electrons. The standard InChI is InChI=1S/C23H23NO5/c1-2-24(15-18-9-5-3-6-10-18)21(25)17-29-23(26)22-19(13-14-27-22)16-28-20-11-7-4-8-12-20/h3-14H,2,15-17H2,1H3. The molecular formula is C23H23NO5. The van der Waals surface area contributed by atoms with E-state index in [-0.39, 0.29) is 24.9 Å². The molecule has 2 aromatic carbocycles. The van der Waals surface area contributed by atoms with Crippen LogP contribution in [0.15, 0.2) is 77.4 Å². The van der Waals surface area contributed by atoms with Crippen LogP contribution in [0.3, 0.4) is 0 Å². The first-order chi connectivity index (χ1) is 14.2. The van der Waals surface area contributed by atoms with Crippen molar-refractivity contribution in [1.29, 1.82) is 0 Å². The first-order valence-corrected chi connectivity index (χ1v) is 9.40. The number of hydrogen-bond donors (Lipinski definition) is 0. The number of esters is 1. The average Bonchev–Trinajstić information content (AvgIpc) is 3.24. The summed E-state index contributed by atoms with van der Waals surface area (Å²) in [5.41, 5.74) is 1.57. The monoisotopic (exact) mass is 393 g/mol. The molecule has 0 N–H and O–H groups in total. The largest absolute Gasteiger partial charge is 0.489 e. The lowest BCUT2D eigenvalue weighted by molar-refractivity contribution is -0.135. The minimum atomic E-state index is -0.689. The first kappa shape index (κ1) is 20.2. The van der Waals surface area contributed by atoms with Crippen molar-refractivity contribution in [1.82, 2.24) is 4.90 Å². The Bertz CT molecular complexity index is 921. The van der Waals surface area contributed by atoms with Crippen LogP contribution < -0.4 is 4.74 Å². The molecule has 6 nitrogen and oxygen atoms in total. The SMILES string of the molecule is CCN(Cc1ccccc1)C(=O)COC(=O)c1occc1COc1ccccc1. The summed E-state index contributed by atoms with van der Waals surface area (Å²) in [4.78, 5) is 26.4. The maximum atomic E-state index is 12.4. The number of para-hydroxylation sites is 1. The highest BCUT2D eigenvalue weighted by Gasteiger charge is 2.20. The summed E-state index contributed by atoms with van der Waals surface area (Å²) in [7, 11) is 0. The summed E-state index contributed by atoms with van der Waals surface area (Å²) < 4.78 is 16.1. The molecule has 0 atom stereocenters. The summed E-state index contributed by atoms with van der Waals surface area (Å²) >= 11 is 0. The van der Waals surface area contributed by atoms with Crippen LogP contribution in [0.1, 0.15) is 28.6 Å². The number of benzene rings is 2. The number of nitrogens with zero attached hydrogens (tertiary/aromatic N) is 1. The van der Waals surface area contributed by atoms with Crippen molar-refractivity contribution in [2.45, 2.75) is 20.1 Å². The minimum Gasteiger partial charge on any atom is -0.489 e. The van der Waals surface area contributed by atoms with Gasteiger partial charge in [-0.2, -0.15) is 0 Å². The zero-order valence-corrected chi connectivity index (χ0v) is 16.2. The van der Waals surface area contributed by atoms with Gasteiger partial charge < -0.3 is 18.8 Å². The summed E-state index contributed by atoms with van der Waals surface area (Å²) in [5, 5.41) is 0. The number of rotatable bonds is 9. The number of likely N-dealkylation sites (N-methyl/N-ethyl adjacent to an activating group) is 1. The Balaban J connectivity index is 1.53. The van der Waals surface area contributed by atoms with Crippen LogP contribution in [-0.4, -0.2) is 29.9 Å². The maximum Gasteiger partial charge on any atom is 0.375 e. The highest BCUT2D eigenvalue weighted by molar-refractivity contribution is 5.90. The summed E-state index contributed by atoms with van der Waals surface area (Å²) in [5.74, 6) is -0.230. The van der Waals surface area contributed by atoms with Crippen LogP contribution in [0, 0.1) is 0 Å². The van der Waals surface area contributed by atoms with E-state index in [1.165, 1.54) is 6.26 Å². The van der Waals surface area contributed by atoms with Crippen molar-refractivity contribution in [3.05, 3.63) is 89.9 Å². The Labute approximate surface area is 169 Å². The zero-order valence-electron chi connectivity index (χ0n) is 16.2. The molecule has 29 heavy (non-hydrogen) atoms. The highest BCUT2D eigenvalue weighted by atomic mass is 16.5. The lowest BCUT2D eigenvalue weighted by atomic mass is 10.2. The minimum absolute atomic E-state index is 0.0415. The molecule has 0 saturated heterocycles. The number of furan rings is 1. The van der Waals surface area contributed by atoms with Crippen LogP contribution in [0.2, 0.25) is 0 Å². The zero-order chi connectivity index (χ0) is 20.5. The third-order valence-corrected chi connectivity index (χ3v) is 4.35. The van der Waals surface area contributed by atoms with E-state index in [9.17, 15) is 9.59 Å². The molecule has 0 fully saturated rings. The molecular weight excluding hydrogens is 370 g/mol. The van der Waals surface area contributed by atoms with Crippen LogP contribution in [-0.2, 0) is 22.7 Å². The van der Waals surface area contributed by atoms with Crippen molar-refractivity contribution in [2.24, 2.45) is 0 Å². The van der Waals surface area contributed by atoms with Gasteiger partial charge in [-0.05, 0) is 30.7 Å². The molecule has 3 aromatic rings. The molecule has 6 heteroatoms. The second-order valence-electron chi connectivity index (χ2n) is 6.35. The molecule has 0 aliphatic carbocycles. The number of hydrogen-bond acceptors (Lipinski definition) is 5. The van der Waals surface area contributed by atoms with Crippen molar-refractivity contribution in [3.8, 4) is 5.75 Å². The van der Waals surface area contributed by atoms with Gasteiger partial charge in [0.2, 0.25) is 5.76 Å². The molecule has 0 radical (unpaired) electrons. The fourth-order valence-electron chi connectivity index (χ4n) is 2.77. The lowest BCUT2D eigenvalue weighted by Gasteiger charge is -2.20. The molecule has 3 rings (SSSR count). The van der Waals surface area contributed by atoms with Gasteiger partial charge >= 0.3 is 5.97 Å². The second-order valence-corrected chi connectivity index (χ2v) is 6.35. The molecule has 0 bridgehead atoms. The van der Waals surface area contributed by atoms with Crippen LogP contribution in [0.25, 0.3) is 0 Å². The van der Waals surface area contributed by atoms with Gasteiger partial charge in [0.15, 0.2) is 6.61 Å². The average molecular weight is 393 g/mol. The fourth-order valence-corrected chi connectivity index (χ4v) is 2.77. The first-order valence-electron chi connectivity index (χ1n) is 9.40. The molecule has 1 amide bonds. The molecule has 0 aliphatic heterocycles. The van der Waals surface area contributed by atoms with Crippen LogP contribution >= 0.6 is 0 Å². The number of ether oxygens (including phenoxy) is 2. The van der Waals surface area contributed by atoms with Gasteiger partial charge in [0.05, 0.1) is 6.26 Å². The van der Waals surface area contributed by atoms with Gasteiger partial charge in [-0.25, -0.2) is 4.79 Å². The second kappa shape index (κ2) is 10.1. The number of carbonyl (C=O) groups is 2. The highest BCUT2D eigenvalue weighted by Crippen LogP contribution is 2.17. The van der Waals surface area contributed by atoms with Crippen LogP contribution in [0.4, 0.5) is 0 Å². The lowest BCUT2D eigenvalue weighted by Crippen LogP contribution is -2.34. The third-order valence-electron chi connectivity index (χ3n) is 4.35. The topological polar surface area (TPSA) is 69.0 Å². The van der Waals surface area contributed by atoms with E-state index in [2.05, 4.69) is 0 Å². The van der Waals surface area contributed by atoms with Crippen molar-refractivity contribution in [2.75, 3.05) is 13.2 Å². The van der Waals surface area contributed by atoms with E-state index in [1.54, 1.807) is 11.0 Å². The van der Waals surface area contributed by atoms with E-state index in [0.29, 0.717) is 24.4 Å². The predicted molar refractivity (Wildman–Crippen MR) is 107 cm³/mol. The van der Waals surface area contributed by atoms with E-state index in [1.807, 2.05) is 67.6 Å². The van der Waals surface area contributed by atoms with E-state index < -0.39 is 5.97 Å². The van der Waals surface area contributed by atoms with Gasteiger partial charge in [-0.1, -0.05) is 48.5 Å². The third kappa shape index (κ3) is 5.72. The molecule has 0 unspecified atom stereocenters. The van der Waals surface area contributed by atoms with Gasteiger partial charge in [0.25, 0.3) is 5.91 Å². The van der Waals surface area contributed by atoms with Gasteiger partial charge in [-0.3, -0.25) is 4.79 Å². The summed E-state index contributed by atoms with van der Waals surface area (Å²) in [6.07, 6.45) is 1.40.